The van der Waals surface area contributed by atoms with Gasteiger partial charge < -0.3 is 10.0 Å². The minimum absolute atomic E-state index is 0.0649. The molecule has 3 nitrogen and oxygen atoms in total. The Hall–Kier alpha value is -0.570. The van der Waals surface area contributed by atoms with Crippen molar-refractivity contribution in [2.45, 2.75) is 72.3 Å². The fraction of sp³-hybridized carbons (Fsp3) is 0.938. The second-order valence-electron chi connectivity index (χ2n) is 6.51. The summed E-state index contributed by atoms with van der Waals surface area (Å²) in [6.45, 7) is 9.24. The van der Waals surface area contributed by atoms with Gasteiger partial charge in [0, 0.05) is 18.5 Å². The maximum atomic E-state index is 12.9. The van der Waals surface area contributed by atoms with Gasteiger partial charge in [-0.2, -0.15) is 0 Å². The first-order valence-electron chi connectivity index (χ1n) is 7.89. The Kier molecular flexibility index (Phi) is 6.31. The molecule has 1 atom stereocenters. The zero-order chi connectivity index (χ0) is 14.5. The molecule has 0 spiro atoms. The Balaban J connectivity index is 2.85. The lowest BCUT2D eigenvalue weighted by Gasteiger charge is -2.42. The molecule has 0 radical (unpaired) electrons. The lowest BCUT2D eigenvalue weighted by Crippen LogP contribution is -2.48. The SMILES string of the molecule is CCC(CC)N(CCO)C(=O)C1CCCCC1(C)C. The smallest absolute Gasteiger partial charge is 0.226 e. The number of carbonyl (C=O) groups is 1. The van der Waals surface area contributed by atoms with E-state index in [1.54, 1.807) is 0 Å². The van der Waals surface area contributed by atoms with Crippen LogP contribution in [0.15, 0.2) is 0 Å². The fourth-order valence-corrected chi connectivity index (χ4v) is 3.46. The predicted octanol–water partition coefficient (Wildman–Crippen LogP) is 3.21. The summed E-state index contributed by atoms with van der Waals surface area (Å²) in [6.07, 6.45) is 6.48. The van der Waals surface area contributed by atoms with E-state index in [1.165, 1.54) is 6.42 Å². The molecule has 1 unspecified atom stereocenters. The van der Waals surface area contributed by atoms with Gasteiger partial charge in [0.05, 0.1) is 6.61 Å². The minimum atomic E-state index is 0.0649. The van der Waals surface area contributed by atoms with E-state index in [2.05, 4.69) is 27.7 Å². The van der Waals surface area contributed by atoms with Crippen molar-refractivity contribution in [3.63, 3.8) is 0 Å². The van der Waals surface area contributed by atoms with E-state index in [0.717, 1.165) is 32.1 Å². The van der Waals surface area contributed by atoms with Gasteiger partial charge in [-0.15, -0.1) is 0 Å². The number of hydrogen-bond acceptors (Lipinski definition) is 2. The van der Waals surface area contributed by atoms with Crippen LogP contribution in [0.4, 0.5) is 0 Å². The van der Waals surface area contributed by atoms with Gasteiger partial charge in [-0.1, -0.05) is 40.5 Å². The summed E-state index contributed by atoms with van der Waals surface area (Å²) < 4.78 is 0. The molecule has 19 heavy (non-hydrogen) atoms. The third kappa shape index (κ3) is 3.95. The van der Waals surface area contributed by atoms with Crippen LogP contribution in [-0.2, 0) is 4.79 Å². The van der Waals surface area contributed by atoms with Crippen LogP contribution in [0.5, 0.6) is 0 Å². The third-order valence-electron chi connectivity index (χ3n) is 4.81. The largest absolute Gasteiger partial charge is 0.395 e. The van der Waals surface area contributed by atoms with Crippen molar-refractivity contribution < 1.29 is 9.90 Å². The number of rotatable bonds is 6. The second kappa shape index (κ2) is 7.28. The highest BCUT2D eigenvalue weighted by Crippen LogP contribution is 2.41. The summed E-state index contributed by atoms with van der Waals surface area (Å²) in [5.41, 5.74) is 0.106. The third-order valence-corrected chi connectivity index (χ3v) is 4.81. The zero-order valence-electron chi connectivity index (χ0n) is 13.1. The molecule has 1 rings (SSSR count). The molecule has 0 aromatic rings. The molecule has 0 aliphatic heterocycles. The van der Waals surface area contributed by atoms with E-state index in [-0.39, 0.29) is 29.9 Å². The Labute approximate surface area is 118 Å². The van der Waals surface area contributed by atoms with Gasteiger partial charge in [-0.05, 0) is 31.1 Å². The van der Waals surface area contributed by atoms with Crippen molar-refractivity contribution in [1.29, 1.82) is 0 Å². The van der Waals surface area contributed by atoms with Crippen molar-refractivity contribution in [2.24, 2.45) is 11.3 Å². The fourth-order valence-electron chi connectivity index (χ4n) is 3.46. The predicted molar refractivity (Wildman–Crippen MR) is 78.9 cm³/mol. The zero-order valence-corrected chi connectivity index (χ0v) is 13.1. The molecule has 3 heteroatoms. The highest BCUT2D eigenvalue weighted by Gasteiger charge is 2.40. The molecule has 1 N–H and O–H groups in total. The normalized spacial score (nSPS) is 22.5. The molecule has 0 heterocycles. The molecule has 1 fully saturated rings. The van der Waals surface area contributed by atoms with Gasteiger partial charge in [-0.3, -0.25) is 4.79 Å². The first-order chi connectivity index (χ1) is 8.97. The molecule has 1 aliphatic carbocycles. The van der Waals surface area contributed by atoms with Crippen LogP contribution < -0.4 is 0 Å². The summed E-state index contributed by atoms with van der Waals surface area (Å²) in [5, 5.41) is 9.26. The Morgan fingerprint density at radius 2 is 1.95 bits per heavy atom. The summed E-state index contributed by atoms with van der Waals surface area (Å²) in [6, 6.07) is 0.275. The molecule has 1 aliphatic rings. The van der Waals surface area contributed by atoms with Gasteiger partial charge in [0.25, 0.3) is 0 Å². The number of amides is 1. The number of aliphatic hydroxyl groups excluding tert-OH is 1. The van der Waals surface area contributed by atoms with Crippen molar-refractivity contribution in [3.05, 3.63) is 0 Å². The molecular weight excluding hydrogens is 238 g/mol. The average molecular weight is 269 g/mol. The van der Waals surface area contributed by atoms with Crippen LogP contribution in [0.1, 0.15) is 66.2 Å². The second-order valence-corrected chi connectivity index (χ2v) is 6.51. The summed E-state index contributed by atoms with van der Waals surface area (Å²) in [5.74, 6) is 0.404. The van der Waals surface area contributed by atoms with E-state index >= 15 is 0 Å². The Morgan fingerprint density at radius 3 is 2.42 bits per heavy atom. The maximum absolute atomic E-state index is 12.9. The van der Waals surface area contributed by atoms with Crippen LogP contribution in [-0.4, -0.2) is 35.1 Å². The molecule has 0 saturated heterocycles. The van der Waals surface area contributed by atoms with Crippen LogP contribution in [0.25, 0.3) is 0 Å². The number of carbonyl (C=O) groups excluding carboxylic acids is 1. The highest BCUT2D eigenvalue weighted by molar-refractivity contribution is 5.80. The quantitative estimate of drug-likeness (QED) is 0.804. The summed E-state index contributed by atoms with van der Waals surface area (Å²) >= 11 is 0. The van der Waals surface area contributed by atoms with E-state index in [0.29, 0.717) is 6.54 Å². The van der Waals surface area contributed by atoms with E-state index in [9.17, 15) is 9.90 Å². The monoisotopic (exact) mass is 269 g/mol. The van der Waals surface area contributed by atoms with Gasteiger partial charge in [0.15, 0.2) is 0 Å². The molecule has 0 bridgehead atoms. The molecule has 0 aromatic heterocycles. The van der Waals surface area contributed by atoms with Crippen molar-refractivity contribution >= 4 is 5.91 Å². The summed E-state index contributed by atoms with van der Waals surface area (Å²) in [4.78, 5) is 14.8. The molecule has 1 amide bonds. The molecular formula is C16H31NO2. The van der Waals surface area contributed by atoms with Crippen LogP contribution in [0.3, 0.4) is 0 Å². The topological polar surface area (TPSA) is 40.5 Å². The van der Waals surface area contributed by atoms with Crippen LogP contribution >= 0.6 is 0 Å². The molecule has 1 saturated carbocycles. The van der Waals surface area contributed by atoms with Crippen molar-refractivity contribution in [1.82, 2.24) is 4.90 Å². The van der Waals surface area contributed by atoms with Gasteiger partial charge in [0.1, 0.15) is 0 Å². The number of hydrogen-bond donors (Lipinski definition) is 1. The van der Waals surface area contributed by atoms with Gasteiger partial charge >= 0.3 is 0 Å². The van der Waals surface area contributed by atoms with E-state index in [4.69, 9.17) is 0 Å². The minimum Gasteiger partial charge on any atom is -0.395 e. The average Bonchev–Trinajstić information content (AvgIpc) is 2.38. The standard InChI is InChI=1S/C16H31NO2/c1-5-13(6-2)17(11-12-18)15(19)14-9-7-8-10-16(14,3)4/h13-14,18H,5-12H2,1-4H3. The number of nitrogens with zero attached hydrogens (tertiary/aromatic N) is 1. The maximum Gasteiger partial charge on any atom is 0.226 e. The first kappa shape index (κ1) is 16.5. The van der Waals surface area contributed by atoms with E-state index in [1.807, 2.05) is 4.90 Å². The van der Waals surface area contributed by atoms with Crippen LogP contribution in [0, 0.1) is 11.3 Å². The Morgan fingerprint density at radius 1 is 1.32 bits per heavy atom. The van der Waals surface area contributed by atoms with E-state index < -0.39 is 0 Å². The molecule has 0 aromatic carbocycles. The highest BCUT2D eigenvalue weighted by atomic mass is 16.3. The van der Waals surface area contributed by atoms with Crippen molar-refractivity contribution in [2.75, 3.05) is 13.2 Å². The van der Waals surface area contributed by atoms with Gasteiger partial charge in [0.2, 0.25) is 5.91 Å². The van der Waals surface area contributed by atoms with Crippen molar-refractivity contribution in [3.8, 4) is 0 Å². The van der Waals surface area contributed by atoms with Gasteiger partial charge in [-0.25, -0.2) is 0 Å². The lowest BCUT2D eigenvalue weighted by atomic mass is 9.68. The summed E-state index contributed by atoms with van der Waals surface area (Å²) in [7, 11) is 0. The lowest BCUT2D eigenvalue weighted by molar-refractivity contribution is -0.144. The Bertz CT molecular complexity index is 284. The number of aliphatic hydroxyl groups is 1. The molecule has 112 valence electrons. The first-order valence-corrected chi connectivity index (χ1v) is 7.89. The van der Waals surface area contributed by atoms with Crippen LogP contribution in [0.2, 0.25) is 0 Å².